The second-order valence-electron chi connectivity index (χ2n) is 7.08. The number of nitrogens with one attached hydrogen (secondary N) is 3. The normalized spacial score (nSPS) is 18.9. The molecule has 2 amide bonds. The van der Waals surface area contributed by atoms with E-state index in [1.807, 2.05) is 19.1 Å². The molecule has 3 rings (SSSR count). The summed E-state index contributed by atoms with van der Waals surface area (Å²) in [7, 11) is 1.57. The van der Waals surface area contributed by atoms with E-state index in [2.05, 4.69) is 25.9 Å². The Morgan fingerprint density at radius 2 is 1.86 bits per heavy atom. The number of pyridine rings is 2. The van der Waals surface area contributed by atoms with Gasteiger partial charge in [0.15, 0.2) is 0 Å². The molecule has 148 valence electrons. The van der Waals surface area contributed by atoms with Crippen LogP contribution >= 0.6 is 0 Å². The SMILES string of the molecule is CNC(=O)c1cnc(Nc2ccc(C)cn2)cc1N[C@H]1CCCC[C@H]1C(N)=O. The maximum atomic E-state index is 12.3. The Labute approximate surface area is 164 Å². The predicted molar refractivity (Wildman–Crippen MR) is 108 cm³/mol. The molecule has 0 aliphatic heterocycles. The van der Waals surface area contributed by atoms with Crippen molar-refractivity contribution in [3.05, 3.63) is 41.7 Å². The van der Waals surface area contributed by atoms with Gasteiger partial charge >= 0.3 is 0 Å². The number of primary amides is 1. The summed E-state index contributed by atoms with van der Waals surface area (Å²) >= 11 is 0. The molecule has 0 bridgehead atoms. The summed E-state index contributed by atoms with van der Waals surface area (Å²) in [4.78, 5) is 32.8. The van der Waals surface area contributed by atoms with Crippen LogP contribution in [-0.2, 0) is 4.79 Å². The maximum absolute atomic E-state index is 12.3. The average molecular weight is 382 g/mol. The molecule has 5 N–H and O–H groups in total. The van der Waals surface area contributed by atoms with Crippen LogP contribution in [0, 0.1) is 12.8 Å². The first kappa shape index (κ1) is 19.6. The molecule has 2 aromatic rings. The zero-order valence-electron chi connectivity index (χ0n) is 16.2. The molecule has 1 aliphatic carbocycles. The molecule has 1 fully saturated rings. The lowest BCUT2D eigenvalue weighted by molar-refractivity contribution is -0.122. The number of aryl methyl sites for hydroxylation is 1. The van der Waals surface area contributed by atoms with Gasteiger partial charge in [0.2, 0.25) is 5.91 Å². The van der Waals surface area contributed by atoms with Crippen LogP contribution in [-0.4, -0.2) is 34.9 Å². The number of rotatable bonds is 6. The zero-order chi connectivity index (χ0) is 20.1. The molecule has 2 aromatic heterocycles. The number of hydrogen-bond donors (Lipinski definition) is 4. The van der Waals surface area contributed by atoms with Crippen LogP contribution in [0.4, 0.5) is 17.3 Å². The second kappa shape index (κ2) is 8.69. The summed E-state index contributed by atoms with van der Waals surface area (Å²) in [6.07, 6.45) is 6.85. The van der Waals surface area contributed by atoms with Crippen LogP contribution in [0.3, 0.4) is 0 Å². The molecule has 8 nitrogen and oxygen atoms in total. The van der Waals surface area contributed by atoms with E-state index in [1.165, 1.54) is 6.20 Å². The standard InChI is InChI=1S/C20H26N6O2/c1-12-7-8-17(23-10-12)26-18-9-16(14(11-24-18)20(28)22-2)25-15-6-4-3-5-13(15)19(21)27/h7-11,13,15H,3-6H2,1-2H3,(H2,21,27)(H,22,28)(H2,23,24,25,26)/t13-,15+/m1/s1. The van der Waals surface area contributed by atoms with Gasteiger partial charge in [0, 0.05) is 31.5 Å². The Kier molecular flexibility index (Phi) is 6.08. The average Bonchev–Trinajstić information content (AvgIpc) is 2.69. The third-order valence-corrected chi connectivity index (χ3v) is 5.02. The van der Waals surface area contributed by atoms with Crippen LogP contribution in [0.2, 0.25) is 0 Å². The fourth-order valence-electron chi connectivity index (χ4n) is 3.48. The van der Waals surface area contributed by atoms with Crippen molar-refractivity contribution in [2.24, 2.45) is 11.7 Å². The number of nitrogens with zero attached hydrogens (tertiary/aromatic N) is 2. The molecule has 0 spiro atoms. The van der Waals surface area contributed by atoms with E-state index < -0.39 is 0 Å². The predicted octanol–water partition coefficient (Wildman–Crippen LogP) is 2.34. The Morgan fingerprint density at radius 3 is 2.54 bits per heavy atom. The summed E-state index contributed by atoms with van der Waals surface area (Å²) in [5.41, 5.74) is 7.68. The molecule has 0 unspecified atom stereocenters. The van der Waals surface area contributed by atoms with Crippen molar-refractivity contribution < 1.29 is 9.59 Å². The van der Waals surface area contributed by atoms with Crippen LogP contribution in [0.25, 0.3) is 0 Å². The first-order valence-electron chi connectivity index (χ1n) is 9.45. The number of amides is 2. The van der Waals surface area contributed by atoms with E-state index in [9.17, 15) is 9.59 Å². The molecule has 0 aromatic carbocycles. The van der Waals surface area contributed by atoms with Gasteiger partial charge in [0.1, 0.15) is 11.6 Å². The number of nitrogens with two attached hydrogens (primary N) is 1. The van der Waals surface area contributed by atoms with Crippen molar-refractivity contribution in [1.82, 2.24) is 15.3 Å². The lowest BCUT2D eigenvalue weighted by atomic mass is 9.84. The second-order valence-corrected chi connectivity index (χ2v) is 7.08. The van der Waals surface area contributed by atoms with Gasteiger partial charge in [-0.3, -0.25) is 9.59 Å². The van der Waals surface area contributed by atoms with E-state index in [1.54, 1.807) is 19.3 Å². The maximum Gasteiger partial charge on any atom is 0.254 e. The highest BCUT2D eigenvalue weighted by Gasteiger charge is 2.30. The molecule has 2 heterocycles. The largest absolute Gasteiger partial charge is 0.381 e. The van der Waals surface area contributed by atoms with E-state index in [0.717, 1.165) is 31.2 Å². The van der Waals surface area contributed by atoms with Gasteiger partial charge in [-0.1, -0.05) is 18.9 Å². The van der Waals surface area contributed by atoms with Crippen molar-refractivity contribution in [3.8, 4) is 0 Å². The lowest BCUT2D eigenvalue weighted by Crippen LogP contribution is -2.41. The van der Waals surface area contributed by atoms with E-state index >= 15 is 0 Å². The van der Waals surface area contributed by atoms with Gasteiger partial charge in [0.05, 0.1) is 17.2 Å². The highest BCUT2D eigenvalue weighted by molar-refractivity contribution is 5.99. The number of hydrogen-bond acceptors (Lipinski definition) is 6. The molecule has 1 aliphatic rings. The van der Waals surface area contributed by atoms with Gasteiger partial charge in [-0.2, -0.15) is 0 Å². The molecule has 2 atom stereocenters. The Morgan fingerprint density at radius 1 is 1.11 bits per heavy atom. The molecular weight excluding hydrogens is 356 g/mol. The van der Waals surface area contributed by atoms with Crippen LogP contribution in [0.1, 0.15) is 41.6 Å². The number of aromatic nitrogens is 2. The van der Waals surface area contributed by atoms with E-state index in [0.29, 0.717) is 22.9 Å². The van der Waals surface area contributed by atoms with Crippen LogP contribution < -0.4 is 21.7 Å². The molecule has 28 heavy (non-hydrogen) atoms. The summed E-state index contributed by atoms with van der Waals surface area (Å²) in [5.74, 6) is 0.397. The summed E-state index contributed by atoms with van der Waals surface area (Å²) in [6, 6.07) is 5.47. The first-order valence-corrected chi connectivity index (χ1v) is 9.45. The van der Waals surface area contributed by atoms with E-state index in [4.69, 9.17) is 5.73 Å². The zero-order valence-corrected chi connectivity index (χ0v) is 16.2. The first-order chi connectivity index (χ1) is 13.5. The Balaban J connectivity index is 1.88. The summed E-state index contributed by atoms with van der Waals surface area (Å²) < 4.78 is 0. The fraction of sp³-hybridized carbons (Fsp3) is 0.400. The molecule has 0 saturated heterocycles. The molecule has 1 saturated carbocycles. The van der Waals surface area contributed by atoms with Crippen molar-refractivity contribution in [1.29, 1.82) is 0 Å². The topological polar surface area (TPSA) is 122 Å². The number of anilines is 3. The Bertz CT molecular complexity index is 852. The van der Waals surface area contributed by atoms with Crippen molar-refractivity contribution in [2.45, 2.75) is 38.6 Å². The molecular formula is C20H26N6O2. The van der Waals surface area contributed by atoms with Crippen LogP contribution in [0.15, 0.2) is 30.6 Å². The minimum absolute atomic E-state index is 0.109. The smallest absolute Gasteiger partial charge is 0.254 e. The van der Waals surface area contributed by atoms with Gasteiger partial charge in [-0.25, -0.2) is 9.97 Å². The van der Waals surface area contributed by atoms with Gasteiger partial charge in [0.25, 0.3) is 5.91 Å². The number of carbonyl (C=O) groups excluding carboxylic acids is 2. The highest BCUT2D eigenvalue weighted by atomic mass is 16.2. The number of carbonyl (C=O) groups is 2. The third-order valence-electron chi connectivity index (χ3n) is 5.02. The fourth-order valence-corrected chi connectivity index (χ4v) is 3.48. The summed E-state index contributed by atoms with van der Waals surface area (Å²) in [6.45, 7) is 1.97. The minimum Gasteiger partial charge on any atom is -0.381 e. The monoisotopic (exact) mass is 382 g/mol. The van der Waals surface area contributed by atoms with Crippen molar-refractivity contribution in [3.63, 3.8) is 0 Å². The van der Waals surface area contributed by atoms with E-state index in [-0.39, 0.29) is 23.8 Å². The quantitative estimate of drug-likeness (QED) is 0.608. The van der Waals surface area contributed by atoms with Crippen molar-refractivity contribution >= 4 is 29.1 Å². The lowest BCUT2D eigenvalue weighted by Gasteiger charge is -2.31. The Hall–Kier alpha value is -3.16. The highest BCUT2D eigenvalue weighted by Crippen LogP contribution is 2.29. The van der Waals surface area contributed by atoms with Gasteiger partial charge in [-0.15, -0.1) is 0 Å². The van der Waals surface area contributed by atoms with Crippen molar-refractivity contribution in [2.75, 3.05) is 17.7 Å². The minimum atomic E-state index is -0.310. The van der Waals surface area contributed by atoms with Crippen LogP contribution in [0.5, 0.6) is 0 Å². The van der Waals surface area contributed by atoms with Gasteiger partial charge in [-0.05, 0) is 31.4 Å². The third kappa shape index (κ3) is 4.57. The molecule has 8 heteroatoms. The summed E-state index contributed by atoms with van der Waals surface area (Å²) in [5, 5.41) is 9.14. The van der Waals surface area contributed by atoms with Gasteiger partial charge < -0.3 is 21.7 Å². The molecule has 0 radical (unpaired) electrons.